The van der Waals surface area contributed by atoms with Crippen molar-refractivity contribution in [3.8, 4) is 0 Å². The van der Waals surface area contributed by atoms with Crippen LogP contribution in [0.3, 0.4) is 0 Å². The standard InChI is InChI=1S/C15H14F3N3O2/c1-9(2)21-13(22)7-6-12(20-21)14(23)19-11-5-3-4-10(8-11)15(16,17)18/h3-9H,1-2H3,(H,19,23). The van der Waals surface area contributed by atoms with Crippen LogP contribution in [0.2, 0.25) is 0 Å². The summed E-state index contributed by atoms with van der Waals surface area (Å²) in [5.41, 5.74) is -1.30. The first kappa shape index (κ1) is 16.7. The van der Waals surface area contributed by atoms with Crippen LogP contribution in [0.5, 0.6) is 0 Å². The summed E-state index contributed by atoms with van der Waals surface area (Å²) in [5.74, 6) is -0.696. The van der Waals surface area contributed by atoms with Crippen LogP contribution in [0.4, 0.5) is 18.9 Å². The van der Waals surface area contributed by atoms with Gasteiger partial charge in [-0.15, -0.1) is 0 Å². The Morgan fingerprint density at radius 3 is 2.52 bits per heavy atom. The predicted molar refractivity (Wildman–Crippen MR) is 78.3 cm³/mol. The number of nitrogens with zero attached hydrogens (tertiary/aromatic N) is 2. The molecule has 0 fully saturated rings. The number of amides is 1. The van der Waals surface area contributed by atoms with Crippen LogP contribution >= 0.6 is 0 Å². The lowest BCUT2D eigenvalue weighted by atomic mass is 10.2. The smallest absolute Gasteiger partial charge is 0.321 e. The van der Waals surface area contributed by atoms with Gasteiger partial charge in [0.1, 0.15) is 5.69 Å². The number of carbonyl (C=O) groups excluding carboxylic acids is 1. The molecule has 1 amide bonds. The van der Waals surface area contributed by atoms with Gasteiger partial charge in [-0.05, 0) is 38.1 Å². The van der Waals surface area contributed by atoms with Gasteiger partial charge in [0.2, 0.25) is 0 Å². The maximum absolute atomic E-state index is 12.7. The van der Waals surface area contributed by atoms with Crippen LogP contribution in [0, 0.1) is 0 Å². The number of anilines is 1. The molecule has 1 N–H and O–H groups in total. The number of rotatable bonds is 3. The van der Waals surface area contributed by atoms with E-state index in [0.29, 0.717) is 0 Å². The zero-order chi connectivity index (χ0) is 17.2. The Hall–Kier alpha value is -2.64. The zero-order valence-corrected chi connectivity index (χ0v) is 12.4. The van der Waals surface area contributed by atoms with Gasteiger partial charge < -0.3 is 5.32 Å². The molecule has 5 nitrogen and oxygen atoms in total. The molecule has 0 unspecified atom stereocenters. The van der Waals surface area contributed by atoms with E-state index in [-0.39, 0.29) is 23.0 Å². The quantitative estimate of drug-likeness (QED) is 0.943. The van der Waals surface area contributed by atoms with Crippen molar-refractivity contribution in [2.75, 3.05) is 5.32 Å². The molecule has 0 aliphatic heterocycles. The summed E-state index contributed by atoms with van der Waals surface area (Å²) >= 11 is 0. The van der Waals surface area contributed by atoms with E-state index < -0.39 is 17.6 Å². The molecule has 0 saturated carbocycles. The molecular weight excluding hydrogens is 311 g/mol. The maximum Gasteiger partial charge on any atom is 0.416 e. The van der Waals surface area contributed by atoms with E-state index in [2.05, 4.69) is 10.4 Å². The van der Waals surface area contributed by atoms with Gasteiger partial charge in [-0.1, -0.05) is 6.07 Å². The number of benzene rings is 1. The Morgan fingerprint density at radius 2 is 1.91 bits per heavy atom. The van der Waals surface area contributed by atoms with E-state index in [4.69, 9.17) is 0 Å². The van der Waals surface area contributed by atoms with Crippen molar-refractivity contribution in [1.29, 1.82) is 0 Å². The van der Waals surface area contributed by atoms with Crippen LogP contribution in [-0.4, -0.2) is 15.7 Å². The molecule has 0 aliphatic carbocycles. The van der Waals surface area contributed by atoms with Gasteiger partial charge in [-0.2, -0.15) is 18.3 Å². The van der Waals surface area contributed by atoms with E-state index in [1.807, 2.05) is 0 Å². The Morgan fingerprint density at radius 1 is 1.22 bits per heavy atom. The van der Waals surface area contributed by atoms with Gasteiger partial charge in [0.15, 0.2) is 0 Å². The van der Waals surface area contributed by atoms with Crippen molar-refractivity contribution >= 4 is 11.6 Å². The molecule has 2 aromatic rings. The molecule has 2 rings (SSSR count). The number of hydrogen-bond acceptors (Lipinski definition) is 3. The summed E-state index contributed by atoms with van der Waals surface area (Å²) in [7, 11) is 0. The average molecular weight is 325 g/mol. The molecule has 122 valence electrons. The van der Waals surface area contributed by atoms with Crippen LogP contribution in [0.15, 0.2) is 41.2 Å². The van der Waals surface area contributed by atoms with Crippen molar-refractivity contribution in [2.24, 2.45) is 0 Å². The topological polar surface area (TPSA) is 64.0 Å². The van der Waals surface area contributed by atoms with Crippen molar-refractivity contribution in [3.63, 3.8) is 0 Å². The molecule has 23 heavy (non-hydrogen) atoms. The molecule has 0 atom stereocenters. The normalized spacial score (nSPS) is 11.6. The van der Waals surface area contributed by atoms with Crippen LogP contribution < -0.4 is 10.9 Å². The summed E-state index contributed by atoms with van der Waals surface area (Å²) in [6.45, 7) is 3.45. The third-order valence-electron chi connectivity index (χ3n) is 2.99. The lowest BCUT2D eigenvalue weighted by molar-refractivity contribution is -0.137. The second-order valence-electron chi connectivity index (χ2n) is 5.13. The summed E-state index contributed by atoms with van der Waals surface area (Å²) < 4.78 is 39.1. The second-order valence-corrected chi connectivity index (χ2v) is 5.13. The van der Waals surface area contributed by atoms with Gasteiger partial charge in [0, 0.05) is 11.8 Å². The second kappa shape index (κ2) is 6.23. The zero-order valence-electron chi connectivity index (χ0n) is 12.4. The first-order valence-corrected chi connectivity index (χ1v) is 6.77. The van der Waals surface area contributed by atoms with E-state index in [1.54, 1.807) is 13.8 Å². The monoisotopic (exact) mass is 325 g/mol. The number of nitrogens with one attached hydrogen (secondary N) is 1. The fourth-order valence-corrected chi connectivity index (χ4v) is 1.88. The van der Waals surface area contributed by atoms with Gasteiger partial charge in [-0.3, -0.25) is 9.59 Å². The third-order valence-corrected chi connectivity index (χ3v) is 2.99. The van der Waals surface area contributed by atoms with Crippen LogP contribution in [0.25, 0.3) is 0 Å². The lowest BCUT2D eigenvalue weighted by Crippen LogP contribution is -2.27. The highest BCUT2D eigenvalue weighted by Crippen LogP contribution is 2.30. The highest BCUT2D eigenvalue weighted by Gasteiger charge is 2.30. The predicted octanol–water partition coefficient (Wildman–Crippen LogP) is 3.10. The van der Waals surface area contributed by atoms with Crippen molar-refractivity contribution in [2.45, 2.75) is 26.1 Å². The minimum Gasteiger partial charge on any atom is -0.321 e. The lowest BCUT2D eigenvalue weighted by Gasteiger charge is -2.11. The summed E-state index contributed by atoms with van der Waals surface area (Å²) in [6, 6.07) is 6.44. The first-order valence-electron chi connectivity index (χ1n) is 6.77. The van der Waals surface area contributed by atoms with E-state index in [0.717, 1.165) is 16.8 Å². The van der Waals surface area contributed by atoms with Crippen molar-refractivity contribution < 1.29 is 18.0 Å². The summed E-state index contributed by atoms with van der Waals surface area (Å²) in [6.07, 6.45) is -4.50. The third kappa shape index (κ3) is 3.97. The molecule has 0 saturated heterocycles. The largest absolute Gasteiger partial charge is 0.416 e. The first-order chi connectivity index (χ1) is 10.7. The highest BCUT2D eigenvalue weighted by molar-refractivity contribution is 6.02. The van der Waals surface area contributed by atoms with Crippen molar-refractivity contribution in [1.82, 2.24) is 9.78 Å². The van der Waals surface area contributed by atoms with Crippen LogP contribution in [-0.2, 0) is 6.18 Å². The van der Waals surface area contributed by atoms with Crippen LogP contribution in [0.1, 0.15) is 35.9 Å². The number of alkyl halides is 3. The maximum atomic E-state index is 12.7. The molecule has 0 spiro atoms. The Labute approximate surface area is 129 Å². The Kier molecular flexibility index (Phi) is 4.53. The Bertz CT molecular complexity index is 782. The van der Waals surface area contributed by atoms with Gasteiger partial charge >= 0.3 is 6.18 Å². The van der Waals surface area contributed by atoms with E-state index in [1.165, 1.54) is 24.3 Å². The van der Waals surface area contributed by atoms with Gasteiger partial charge in [0.25, 0.3) is 11.5 Å². The minimum atomic E-state index is -4.50. The van der Waals surface area contributed by atoms with Crippen molar-refractivity contribution in [3.05, 3.63) is 58.0 Å². The number of halogens is 3. The SMILES string of the molecule is CC(C)n1nc(C(=O)Nc2cccc(C(F)(F)F)c2)ccc1=O. The Balaban J connectivity index is 2.26. The summed E-state index contributed by atoms with van der Waals surface area (Å²) in [4.78, 5) is 23.7. The molecule has 0 radical (unpaired) electrons. The van der Waals surface area contributed by atoms with Gasteiger partial charge in [0.05, 0.1) is 11.6 Å². The molecular formula is C15H14F3N3O2. The fraction of sp³-hybridized carbons (Fsp3) is 0.267. The fourth-order valence-electron chi connectivity index (χ4n) is 1.88. The summed E-state index contributed by atoms with van der Waals surface area (Å²) in [5, 5.41) is 6.25. The molecule has 1 aromatic heterocycles. The van der Waals surface area contributed by atoms with E-state index in [9.17, 15) is 22.8 Å². The number of carbonyl (C=O) groups is 1. The minimum absolute atomic E-state index is 0.00563. The average Bonchev–Trinajstić information content (AvgIpc) is 2.46. The molecule has 1 heterocycles. The molecule has 8 heteroatoms. The number of aromatic nitrogens is 2. The molecule has 0 bridgehead atoms. The van der Waals surface area contributed by atoms with Gasteiger partial charge in [-0.25, -0.2) is 4.68 Å². The highest BCUT2D eigenvalue weighted by atomic mass is 19.4. The number of hydrogen-bond donors (Lipinski definition) is 1. The van der Waals surface area contributed by atoms with E-state index >= 15 is 0 Å². The molecule has 1 aromatic carbocycles. The molecule has 0 aliphatic rings.